The van der Waals surface area contributed by atoms with Gasteiger partial charge in [-0.1, -0.05) is 41.2 Å². The minimum atomic E-state index is -3.56. The molecular weight excluding hydrogens is 334 g/mol. The number of sulfonamides is 1. The SMILES string of the molecule is Cc1cccc(CS(=O)(=O)Nc2nc3c(s2)C(=O)NCCC3)c1. The number of nitrogens with zero attached hydrogens (tertiary/aromatic N) is 1. The molecule has 2 heterocycles. The van der Waals surface area contributed by atoms with Crippen molar-refractivity contribution in [3.63, 3.8) is 0 Å². The van der Waals surface area contributed by atoms with Crippen molar-refractivity contribution in [3.05, 3.63) is 46.0 Å². The van der Waals surface area contributed by atoms with E-state index in [1.54, 1.807) is 6.07 Å². The Morgan fingerprint density at radius 3 is 3.00 bits per heavy atom. The number of carbonyl (C=O) groups is 1. The molecule has 6 nitrogen and oxygen atoms in total. The first-order chi connectivity index (χ1) is 10.9. The molecule has 3 rings (SSSR count). The highest BCUT2D eigenvalue weighted by molar-refractivity contribution is 7.92. The molecule has 1 aromatic heterocycles. The van der Waals surface area contributed by atoms with Crippen LogP contribution in [0.5, 0.6) is 0 Å². The lowest BCUT2D eigenvalue weighted by molar-refractivity contribution is 0.0960. The maximum Gasteiger partial charge on any atom is 0.263 e. The molecule has 0 spiro atoms. The van der Waals surface area contributed by atoms with Gasteiger partial charge in [0.1, 0.15) is 4.88 Å². The first kappa shape index (κ1) is 15.9. The Balaban J connectivity index is 1.78. The Labute approximate surface area is 139 Å². The standard InChI is InChI=1S/C15H17N3O3S2/c1-10-4-2-5-11(8-10)9-23(20,21)18-15-17-12-6-3-7-16-14(19)13(12)22-15/h2,4-5,8H,3,6-7,9H2,1H3,(H,16,19)(H,17,18). The zero-order valence-corrected chi connectivity index (χ0v) is 14.3. The van der Waals surface area contributed by atoms with Gasteiger partial charge in [-0.25, -0.2) is 13.4 Å². The quantitative estimate of drug-likeness (QED) is 0.883. The molecule has 2 N–H and O–H groups in total. The molecule has 1 aliphatic heterocycles. The van der Waals surface area contributed by atoms with Crippen molar-refractivity contribution in [3.8, 4) is 0 Å². The van der Waals surface area contributed by atoms with Crippen LogP contribution >= 0.6 is 11.3 Å². The minimum Gasteiger partial charge on any atom is -0.351 e. The molecule has 0 aliphatic carbocycles. The molecule has 2 aromatic rings. The smallest absolute Gasteiger partial charge is 0.263 e. The van der Waals surface area contributed by atoms with E-state index in [2.05, 4.69) is 15.0 Å². The van der Waals surface area contributed by atoms with Crippen molar-refractivity contribution >= 4 is 32.4 Å². The van der Waals surface area contributed by atoms with E-state index in [9.17, 15) is 13.2 Å². The summed E-state index contributed by atoms with van der Waals surface area (Å²) in [5.41, 5.74) is 2.39. The second-order valence-electron chi connectivity index (χ2n) is 5.50. The predicted molar refractivity (Wildman–Crippen MR) is 90.2 cm³/mol. The molecule has 8 heteroatoms. The third-order valence-corrected chi connectivity index (χ3v) is 5.82. The van der Waals surface area contributed by atoms with Crippen LogP contribution < -0.4 is 10.0 Å². The Hall–Kier alpha value is -1.93. The number of fused-ring (bicyclic) bond motifs is 1. The summed E-state index contributed by atoms with van der Waals surface area (Å²) in [5.74, 6) is -0.301. The zero-order chi connectivity index (χ0) is 16.4. The van der Waals surface area contributed by atoms with Gasteiger partial charge in [-0.15, -0.1) is 0 Å². The van der Waals surface area contributed by atoms with E-state index in [1.807, 2.05) is 25.1 Å². The number of benzene rings is 1. The Morgan fingerprint density at radius 2 is 2.22 bits per heavy atom. The first-order valence-corrected chi connectivity index (χ1v) is 9.74. The van der Waals surface area contributed by atoms with Gasteiger partial charge in [0, 0.05) is 6.54 Å². The zero-order valence-electron chi connectivity index (χ0n) is 12.6. The summed E-state index contributed by atoms with van der Waals surface area (Å²) < 4.78 is 27.1. The monoisotopic (exact) mass is 351 g/mol. The fourth-order valence-electron chi connectivity index (χ4n) is 2.47. The van der Waals surface area contributed by atoms with E-state index in [0.717, 1.165) is 23.3 Å². The normalized spacial score (nSPS) is 14.7. The lowest BCUT2D eigenvalue weighted by Gasteiger charge is -2.06. The van der Waals surface area contributed by atoms with Crippen LogP contribution in [0, 0.1) is 6.92 Å². The van der Waals surface area contributed by atoms with E-state index >= 15 is 0 Å². The van der Waals surface area contributed by atoms with E-state index < -0.39 is 10.0 Å². The van der Waals surface area contributed by atoms with Crippen LogP contribution in [0.4, 0.5) is 5.13 Å². The summed E-state index contributed by atoms with van der Waals surface area (Å²) in [6.07, 6.45) is 1.47. The van der Waals surface area contributed by atoms with Gasteiger partial charge in [-0.3, -0.25) is 9.52 Å². The van der Waals surface area contributed by atoms with E-state index in [-0.39, 0.29) is 16.8 Å². The second-order valence-corrected chi connectivity index (χ2v) is 8.23. The first-order valence-electron chi connectivity index (χ1n) is 7.27. The van der Waals surface area contributed by atoms with Gasteiger partial charge in [0.05, 0.1) is 11.4 Å². The van der Waals surface area contributed by atoms with Crippen LogP contribution in [0.2, 0.25) is 0 Å². The van der Waals surface area contributed by atoms with Crippen molar-refractivity contribution in [1.82, 2.24) is 10.3 Å². The lowest BCUT2D eigenvalue weighted by Crippen LogP contribution is -2.21. The molecule has 122 valence electrons. The number of amides is 1. The van der Waals surface area contributed by atoms with Gasteiger partial charge in [-0.2, -0.15) is 0 Å². The second kappa shape index (κ2) is 6.29. The van der Waals surface area contributed by atoms with Crippen LogP contribution in [0.25, 0.3) is 0 Å². The van der Waals surface area contributed by atoms with Gasteiger partial charge in [0.25, 0.3) is 5.91 Å². The molecule has 1 aromatic carbocycles. The maximum atomic E-state index is 12.3. The average Bonchev–Trinajstić information content (AvgIpc) is 2.77. The van der Waals surface area contributed by atoms with Crippen LogP contribution in [0.3, 0.4) is 0 Å². The number of hydrogen-bond donors (Lipinski definition) is 2. The number of thiazole rings is 1. The van der Waals surface area contributed by atoms with E-state index in [0.29, 0.717) is 29.1 Å². The highest BCUT2D eigenvalue weighted by atomic mass is 32.2. The summed E-state index contributed by atoms with van der Waals surface area (Å²) >= 11 is 1.08. The fourth-order valence-corrected chi connectivity index (χ4v) is 4.80. The summed E-state index contributed by atoms with van der Waals surface area (Å²) in [5, 5.41) is 3.03. The predicted octanol–water partition coefficient (Wildman–Crippen LogP) is 2.07. The van der Waals surface area contributed by atoms with Gasteiger partial charge in [0.2, 0.25) is 10.0 Å². The van der Waals surface area contributed by atoms with Crippen LogP contribution in [-0.2, 0) is 22.2 Å². The molecule has 0 saturated heterocycles. The average molecular weight is 351 g/mol. The highest BCUT2D eigenvalue weighted by Crippen LogP contribution is 2.26. The van der Waals surface area contributed by atoms with Gasteiger partial charge < -0.3 is 5.32 Å². The molecule has 0 bridgehead atoms. The molecule has 0 saturated carbocycles. The van der Waals surface area contributed by atoms with Crippen molar-refractivity contribution in [2.75, 3.05) is 11.3 Å². The fraction of sp³-hybridized carbons (Fsp3) is 0.333. The van der Waals surface area contributed by atoms with E-state index in [1.165, 1.54) is 0 Å². The summed E-state index contributed by atoms with van der Waals surface area (Å²) in [7, 11) is -3.56. The minimum absolute atomic E-state index is 0.120. The van der Waals surface area contributed by atoms with Crippen LogP contribution in [-0.4, -0.2) is 25.9 Å². The van der Waals surface area contributed by atoms with Crippen molar-refractivity contribution in [2.24, 2.45) is 0 Å². The van der Waals surface area contributed by atoms with Crippen molar-refractivity contribution in [2.45, 2.75) is 25.5 Å². The third kappa shape index (κ3) is 3.89. The molecule has 1 amide bonds. The number of aryl methyl sites for hydroxylation is 2. The van der Waals surface area contributed by atoms with Crippen LogP contribution in [0.1, 0.15) is 32.9 Å². The van der Waals surface area contributed by atoms with Gasteiger partial charge in [-0.05, 0) is 25.3 Å². The number of hydrogen-bond acceptors (Lipinski definition) is 5. The van der Waals surface area contributed by atoms with Crippen LogP contribution in [0.15, 0.2) is 24.3 Å². The highest BCUT2D eigenvalue weighted by Gasteiger charge is 2.22. The summed E-state index contributed by atoms with van der Waals surface area (Å²) in [6.45, 7) is 2.54. The van der Waals surface area contributed by atoms with Crippen molar-refractivity contribution < 1.29 is 13.2 Å². The van der Waals surface area contributed by atoms with Crippen molar-refractivity contribution in [1.29, 1.82) is 0 Å². The molecule has 0 fully saturated rings. The third-order valence-electron chi connectivity index (χ3n) is 3.46. The van der Waals surface area contributed by atoms with Gasteiger partial charge >= 0.3 is 0 Å². The molecule has 1 aliphatic rings. The lowest BCUT2D eigenvalue weighted by atomic mass is 10.2. The molecular formula is C15H17N3O3S2. The number of nitrogens with one attached hydrogen (secondary N) is 2. The van der Waals surface area contributed by atoms with E-state index in [4.69, 9.17) is 0 Å². The molecule has 23 heavy (non-hydrogen) atoms. The van der Waals surface area contributed by atoms with Gasteiger partial charge in [0.15, 0.2) is 5.13 Å². The maximum absolute atomic E-state index is 12.3. The molecule has 0 radical (unpaired) electrons. The number of carbonyl (C=O) groups excluding carboxylic acids is 1. The summed E-state index contributed by atoms with van der Waals surface area (Å²) in [4.78, 5) is 16.7. The molecule has 0 unspecified atom stereocenters. The Morgan fingerprint density at radius 1 is 1.39 bits per heavy atom. The molecule has 0 atom stereocenters. The number of aromatic nitrogens is 1. The number of rotatable bonds is 4. The summed E-state index contributed by atoms with van der Waals surface area (Å²) in [6, 6.07) is 7.36. The number of anilines is 1. The topological polar surface area (TPSA) is 88.2 Å². The Kier molecular flexibility index (Phi) is 4.36. The Bertz CT molecular complexity index is 843. The largest absolute Gasteiger partial charge is 0.351 e.